The number of hydrogen-bond donors (Lipinski definition) is 3. The van der Waals surface area contributed by atoms with Crippen LogP contribution in [0.3, 0.4) is 0 Å². The van der Waals surface area contributed by atoms with Crippen LogP contribution in [-0.2, 0) is 0 Å². The minimum Gasteiger partial charge on any atom is -0.409 e. The van der Waals surface area contributed by atoms with Crippen molar-refractivity contribution in [2.75, 3.05) is 5.73 Å². The fraction of sp³-hybridized carbons (Fsp3) is 0. The van der Waals surface area contributed by atoms with Crippen LogP contribution in [0.15, 0.2) is 78.0 Å². The lowest BCUT2D eigenvalue weighted by Crippen LogP contribution is -2.14. The van der Waals surface area contributed by atoms with Crippen LogP contribution < -0.4 is 11.5 Å². The normalized spacial score (nSPS) is 11.8. The first-order valence-corrected chi connectivity index (χ1v) is 8.10. The molecule has 6 nitrogen and oxygen atoms in total. The summed E-state index contributed by atoms with van der Waals surface area (Å²) in [6.07, 6.45) is 0. The van der Waals surface area contributed by atoms with E-state index in [1.54, 1.807) is 4.52 Å². The summed E-state index contributed by atoms with van der Waals surface area (Å²) in [5.41, 5.74) is 16.9. The molecular formula is C20H17N5O. The van der Waals surface area contributed by atoms with E-state index >= 15 is 0 Å². The third-order valence-electron chi connectivity index (χ3n) is 4.30. The number of nitrogens with two attached hydrogens (primary N) is 2. The zero-order valence-electron chi connectivity index (χ0n) is 13.9. The molecule has 0 saturated heterocycles. The Morgan fingerprint density at radius 3 is 2.12 bits per heavy atom. The van der Waals surface area contributed by atoms with Crippen LogP contribution in [0.5, 0.6) is 0 Å². The zero-order valence-corrected chi connectivity index (χ0v) is 13.9. The van der Waals surface area contributed by atoms with Gasteiger partial charge < -0.3 is 16.7 Å². The van der Waals surface area contributed by atoms with Gasteiger partial charge in [-0.1, -0.05) is 65.8 Å². The Morgan fingerprint density at radius 1 is 0.885 bits per heavy atom. The van der Waals surface area contributed by atoms with Gasteiger partial charge in [-0.15, -0.1) is 5.10 Å². The van der Waals surface area contributed by atoms with Gasteiger partial charge >= 0.3 is 0 Å². The highest BCUT2D eigenvalue weighted by atomic mass is 16.4. The van der Waals surface area contributed by atoms with Gasteiger partial charge in [-0.3, -0.25) is 0 Å². The molecule has 0 aliphatic rings. The van der Waals surface area contributed by atoms with Gasteiger partial charge in [0.25, 0.3) is 0 Å². The third kappa shape index (κ3) is 2.53. The van der Waals surface area contributed by atoms with E-state index in [9.17, 15) is 0 Å². The zero-order chi connectivity index (χ0) is 18.1. The molecule has 4 rings (SSSR count). The van der Waals surface area contributed by atoms with Gasteiger partial charge in [0.15, 0.2) is 11.7 Å². The summed E-state index contributed by atoms with van der Waals surface area (Å²) in [7, 11) is 0. The van der Waals surface area contributed by atoms with E-state index < -0.39 is 0 Å². The Hall–Kier alpha value is -3.80. The first-order valence-electron chi connectivity index (χ1n) is 8.10. The number of fused-ring (bicyclic) bond motifs is 1. The number of nitrogen functional groups attached to an aromatic ring is 1. The highest BCUT2D eigenvalue weighted by molar-refractivity contribution is 6.08. The summed E-state index contributed by atoms with van der Waals surface area (Å²) in [5.74, 6) is 0.143. The molecule has 128 valence electrons. The number of pyridine rings is 1. The van der Waals surface area contributed by atoms with Crippen LogP contribution in [0.1, 0.15) is 5.56 Å². The lowest BCUT2D eigenvalue weighted by Gasteiger charge is -2.10. The van der Waals surface area contributed by atoms with Gasteiger partial charge in [-0.25, -0.2) is 4.52 Å². The van der Waals surface area contributed by atoms with Crippen molar-refractivity contribution in [3.63, 3.8) is 0 Å². The molecule has 2 aromatic heterocycles. The second-order valence-corrected chi connectivity index (χ2v) is 5.90. The standard InChI is InChI=1S/C20H17N5O/c21-19-18(20(22)24-26)17-12-15(13-7-3-1-4-8-13)11-16(25(17)23-19)14-9-5-2-6-10-14/h1-12,26H,(H2,21,23)(H2,22,24). The number of rotatable bonds is 3. The largest absolute Gasteiger partial charge is 0.409 e. The van der Waals surface area contributed by atoms with Gasteiger partial charge in [0.2, 0.25) is 0 Å². The molecule has 26 heavy (non-hydrogen) atoms. The average molecular weight is 343 g/mol. The maximum atomic E-state index is 9.13. The Morgan fingerprint density at radius 2 is 1.50 bits per heavy atom. The molecule has 2 aromatic carbocycles. The summed E-state index contributed by atoms with van der Waals surface area (Å²) in [5, 5.41) is 16.7. The molecule has 5 N–H and O–H groups in total. The fourth-order valence-electron chi connectivity index (χ4n) is 3.09. The topological polar surface area (TPSA) is 102 Å². The highest BCUT2D eigenvalue weighted by Crippen LogP contribution is 2.31. The highest BCUT2D eigenvalue weighted by Gasteiger charge is 2.18. The Bertz CT molecular complexity index is 1100. The number of nitrogens with zero attached hydrogens (tertiary/aromatic N) is 3. The molecule has 0 radical (unpaired) electrons. The summed E-state index contributed by atoms with van der Waals surface area (Å²) in [4.78, 5) is 0. The SMILES string of the molecule is N/C(=N\O)c1c(N)nn2c(-c3ccccc3)cc(-c3ccccc3)cc12. The number of hydrogen-bond acceptors (Lipinski definition) is 4. The van der Waals surface area contributed by atoms with Crippen LogP contribution >= 0.6 is 0 Å². The van der Waals surface area contributed by atoms with Gasteiger partial charge in [-0.05, 0) is 23.3 Å². The predicted molar refractivity (Wildman–Crippen MR) is 103 cm³/mol. The maximum Gasteiger partial charge on any atom is 0.176 e. The number of oxime groups is 1. The molecule has 0 atom stereocenters. The molecule has 2 heterocycles. The van der Waals surface area contributed by atoms with E-state index in [2.05, 4.69) is 16.3 Å². The molecule has 0 fully saturated rings. The molecule has 0 unspecified atom stereocenters. The average Bonchev–Trinajstić information content (AvgIpc) is 3.03. The summed E-state index contributed by atoms with van der Waals surface area (Å²) in [6, 6.07) is 23.9. The number of aromatic nitrogens is 2. The Labute approximate surface area is 150 Å². The van der Waals surface area contributed by atoms with Crippen molar-refractivity contribution >= 4 is 17.2 Å². The minimum absolute atomic E-state index is 0.0678. The quantitative estimate of drug-likeness (QED) is 0.230. The van der Waals surface area contributed by atoms with E-state index in [1.807, 2.05) is 66.7 Å². The summed E-state index contributed by atoms with van der Waals surface area (Å²) < 4.78 is 1.73. The van der Waals surface area contributed by atoms with Crippen molar-refractivity contribution < 1.29 is 5.21 Å². The molecular weight excluding hydrogens is 326 g/mol. The minimum atomic E-state index is -0.0678. The van der Waals surface area contributed by atoms with Crippen LogP contribution in [0.4, 0.5) is 5.82 Å². The van der Waals surface area contributed by atoms with Gasteiger partial charge in [0, 0.05) is 5.56 Å². The van der Waals surface area contributed by atoms with Crippen molar-refractivity contribution in [2.24, 2.45) is 10.9 Å². The molecule has 0 aliphatic heterocycles. The first kappa shape index (κ1) is 15.7. The van der Waals surface area contributed by atoms with Crippen molar-refractivity contribution in [3.8, 4) is 22.4 Å². The second-order valence-electron chi connectivity index (χ2n) is 5.90. The summed E-state index contributed by atoms with van der Waals surface area (Å²) >= 11 is 0. The number of anilines is 1. The van der Waals surface area contributed by atoms with E-state index in [1.165, 1.54) is 0 Å². The molecule has 4 aromatic rings. The molecule has 0 spiro atoms. The lowest BCUT2D eigenvalue weighted by atomic mass is 10.0. The van der Waals surface area contributed by atoms with Gasteiger partial charge in [0.1, 0.15) is 0 Å². The van der Waals surface area contributed by atoms with Crippen LogP contribution in [0.2, 0.25) is 0 Å². The predicted octanol–water partition coefficient (Wildman–Crippen LogP) is 3.35. The lowest BCUT2D eigenvalue weighted by molar-refractivity contribution is 0.318. The van der Waals surface area contributed by atoms with Crippen molar-refractivity contribution in [1.29, 1.82) is 0 Å². The fourth-order valence-corrected chi connectivity index (χ4v) is 3.09. The van der Waals surface area contributed by atoms with E-state index in [0.29, 0.717) is 11.1 Å². The molecule has 0 amide bonds. The van der Waals surface area contributed by atoms with E-state index in [-0.39, 0.29) is 11.7 Å². The van der Waals surface area contributed by atoms with Crippen molar-refractivity contribution in [3.05, 3.63) is 78.4 Å². The molecule has 0 saturated carbocycles. The smallest absolute Gasteiger partial charge is 0.176 e. The first-order chi connectivity index (χ1) is 12.7. The van der Waals surface area contributed by atoms with Gasteiger partial charge in [-0.2, -0.15) is 0 Å². The summed E-state index contributed by atoms with van der Waals surface area (Å²) in [6.45, 7) is 0. The number of benzene rings is 2. The monoisotopic (exact) mass is 343 g/mol. The Kier molecular flexibility index (Phi) is 3.78. The van der Waals surface area contributed by atoms with Crippen LogP contribution in [-0.4, -0.2) is 20.7 Å². The van der Waals surface area contributed by atoms with Crippen molar-refractivity contribution in [1.82, 2.24) is 9.61 Å². The van der Waals surface area contributed by atoms with E-state index in [0.717, 1.165) is 22.4 Å². The third-order valence-corrected chi connectivity index (χ3v) is 4.30. The van der Waals surface area contributed by atoms with Crippen LogP contribution in [0, 0.1) is 0 Å². The number of amidine groups is 1. The maximum absolute atomic E-state index is 9.13. The molecule has 0 aliphatic carbocycles. The molecule has 0 bridgehead atoms. The Balaban J connectivity index is 2.09. The van der Waals surface area contributed by atoms with Crippen molar-refractivity contribution in [2.45, 2.75) is 0 Å². The second kappa shape index (κ2) is 6.25. The molecule has 6 heteroatoms. The van der Waals surface area contributed by atoms with Crippen LogP contribution in [0.25, 0.3) is 27.9 Å². The van der Waals surface area contributed by atoms with E-state index in [4.69, 9.17) is 16.7 Å². The van der Waals surface area contributed by atoms with Gasteiger partial charge in [0.05, 0.1) is 16.8 Å².